The normalized spacial score (nSPS) is 13.6. The second kappa shape index (κ2) is 7.89. The number of carbonyl (C=O) groups excluding carboxylic acids is 1. The van der Waals surface area contributed by atoms with Crippen LogP contribution < -0.4 is 5.32 Å². The van der Waals surface area contributed by atoms with Crippen molar-refractivity contribution >= 4 is 23.3 Å². The predicted octanol–water partition coefficient (Wildman–Crippen LogP) is 2.78. The number of amides is 2. The van der Waals surface area contributed by atoms with Crippen LogP contribution in [-0.4, -0.2) is 34.6 Å². The van der Waals surface area contributed by atoms with Gasteiger partial charge < -0.3 is 15.3 Å². The summed E-state index contributed by atoms with van der Waals surface area (Å²) in [5.74, 6) is -1.09. The lowest BCUT2D eigenvalue weighted by Gasteiger charge is -2.26. The summed E-state index contributed by atoms with van der Waals surface area (Å²) in [6, 6.07) is 2.73. The van der Waals surface area contributed by atoms with Gasteiger partial charge in [-0.05, 0) is 24.3 Å². The zero-order valence-corrected chi connectivity index (χ0v) is 12.9. The Morgan fingerprint density at radius 1 is 1.45 bits per heavy atom. The van der Waals surface area contributed by atoms with E-state index in [9.17, 15) is 14.7 Å². The maximum atomic E-state index is 12.2. The van der Waals surface area contributed by atoms with Crippen LogP contribution in [0.3, 0.4) is 0 Å². The minimum absolute atomic E-state index is 0.100. The van der Waals surface area contributed by atoms with E-state index >= 15 is 0 Å². The fourth-order valence-corrected chi connectivity index (χ4v) is 2.54. The summed E-state index contributed by atoms with van der Waals surface area (Å²) in [5.41, 5.74) is 0. The van der Waals surface area contributed by atoms with Gasteiger partial charge in [0.05, 0.1) is 6.54 Å². The Balaban J connectivity index is 2.68. The van der Waals surface area contributed by atoms with Crippen LogP contribution in [0.25, 0.3) is 0 Å². The van der Waals surface area contributed by atoms with Gasteiger partial charge in [0.2, 0.25) is 0 Å². The highest BCUT2D eigenvalue weighted by atomic mass is 32.1. The zero-order valence-electron chi connectivity index (χ0n) is 12.1. The first-order chi connectivity index (χ1) is 9.49. The van der Waals surface area contributed by atoms with Crippen LogP contribution in [0.15, 0.2) is 17.5 Å². The standard InChI is InChI=1S/C14H22N2O3S/c1-4-10(3)12(13(17)18)15-14(19)16(5-2)9-11-7-6-8-20-11/h6-8,10,12H,4-5,9H2,1-3H3,(H,15,19)(H,17,18)/t10?,12-/m0/s1. The number of hydrogen-bond donors (Lipinski definition) is 2. The molecule has 2 atom stereocenters. The average Bonchev–Trinajstić information content (AvgIpc) is 2.93. The molecule has 1 heterocycles. The maximum Gasteiger partial charge on any atom is 0.326 e. The molecule has 6 heteroatoms. The number of thiophene rings is 1. The van der Waals surface area contributed by atoms with Gasteiger partial charge in [0.25, 0.3) is 0 Å². The van der Waals surface area contributed by atoms with Crippen molar-refractivity contribution in [2.24, 2.45) is 5.92 Å². The fraction of sp³-hybridized carbons (Fsp3) is 0.571. The van der Waals surface area contributed by atoms with E-state index in [1.165, 1.54) is 0 Å². The van der Waals surface area contributed by atoms with Crippen LogP contribution in [0.1, 0.15) is 32.1 Å². The van der Waals surface area contributed by atoms with Gasteiger partial charge in [-0.15, -0.1) is 11.3 Å². The third-order valence-corrected chi connectivity index (χ3v) is 4.21. The van der Waals surface area contributed by atoms with Gasteiger partial charge in [0.15, 0.2) is 0 Å². The van der Waals surface area contributed by atoms with Gasteiger partial charge in [0.1, 0.15) is 6.04 Å². The number of nitrogens with one attached hydrogen (secondary N) is 1. The Morgan fingerprint density at radius 2 is 2.15 bits per heavy atom. The maximum absolute atomic E-state index is 12.2. The Kier molecular flexibility index (Phi) is 6.51. The molecular weight excluding hydrogens is 276 g/mol. The van der Waals surface area contributed by atoms with Gasteiger partial charge >= 0.3 is 12.0 Å². The van der Waals surface area contributed by atoms with Gasteiger partial charge in [-0.3, -0.25) is 0 Å². The number of carbonyl (C=O) groups is 2. The molecule has 112 valence electrons. The van der Waals surface area contributed by atoms with Crippen LogP contribution in [0, 0.1) is 5.92 Å². The Labute approximate surface area is 123 Å². The van der Waals surface area contributed by atoms with E-state index in [-0.39, 0.29) is 11.9 Å². The molecule has 0 saturated heterocycles. The molecule has 0 aliphatic rings. The van der Waals surface area contributed by atoms with Crippen molar-refractivity contribution in [2.45, 2.75) is 39.8 Å². The molecule has 2 amide bonds. The molecular formula is C14H22N2O3S. The molecule has 2 N–H and O–H groups in total. The summed E-state index contributed by atoms with van der Waals surface area (Å²) in [6.07, 6.45) is 0.703. The SMILES string of the molecule is CCC(C)[C@H](NC(=O)N(CC)Cc1cccs1)C(=O)O. The van der Waals surface area contributed by atoms with E-state index in [4.69, 9.17) is 0 Å². The Morgan fingerprint density at radius 3 is 2.60 bits per heavy atom. The first-order valence-electron chi connectivity index (χ1n) is 6.80. The number of carboxylic acid groups (broad SMARTS) is 1. The van der Waals surface area contributed by atoms with Crippen LogP contribution in [0.4, 0.5) is 4.79 Å². The van der Waals surface area contributed by atoms with Crippen molar-refractivity contribution in [1.82, 2.24) is 10.2 Å². The average molecular weight is 298 g/mol. The summed E-state index contributed by atoms with van der Waals surface area (Å²) in [5, 5.41) is 13.8. The summed E-state index contributed by atoms with van der Waals surface area (Å²) < 4.78 is 0. The topological polar surface area (TPSA) is 69.6 Å². The number of rotatable bonds is 7. The van der Waals surface area contributed by atoms with Crippen molar-refractivity contribution < 1.29 is 14.7 Å². The molecule has 5 nitrogen and oxygen atoms in total. The van der Waals surface area contributed by atoms with E-state index in [0.717, 1.165) is 4.88 Å². The van der Waals surface area contributed by atoms with E-state index in [0.29, 0.717) is 19.5 Å². The fourth-order valence-electron chi connectivity index (χ4n) is 1.83. The molecule has 0 saturated carbocycles. The predicted molar refractivity (Wildman–Crippen MR) is 79.8 cm³/mol. The van der Waals surface area contributed by atoms with E-state index in [1.54, 1.807) is 16.2 Å². The Bertz CT molecular complexity index is 434. The number of urea groups is 1. The third-order valence-electron chi connectivity index (χ3n) is 3.35. The number of hydrogen-bond acceptors (Lipinski definition) is 3. The lowest BCUT2D eigenvalue weighted by molar-refractivity contribution is -0.140. The van der Waals surface area contributed by atoms with Gasteiger partial charge in [0, 0.05) is 11.4 Å². The quantitative estimate of drug-likeness (QED) is 0.813. The van der Waals surface area contributed by atoms with Gasteiger partial charge in [-0.1, -0.05) is 26.3 Å². The van der Waals surface area contributed by atoms with E-state index in [1.807, 2.05) is 38.3 Å². The summed E-state index contributed by atoms with van der Waals surface area (Å²) >= 11 is 1.58. The minimum Gasteiger partial charge on any atom is -0.480 e. The second-order valence-corrected chi connectivity index (χ2v) is 5.78. The first-order valence-corrected chi connectivity index (χ1v) is 7.68. The molecule has 1 aromatic heterocycles. The molecule has 1 rings (SSSR count). The third kappa shape index (κ3) is 4.52. The molecule has 0 spiro atoms. The molecule has 1 unspecified atom stereocenters. The zero-order chi connectivity index (χ0) is 15.1. The van der Waals surface area contributed by atoms with Crippen molar-refractivity contribution in [2.75, 3.05) is 6.54 Å². The van der Waals surface area contributed by atoms with E-state index in [2.05, 4.69) is 5.32 Å². The van der Waals surface area contributed by atoms with Gasteiger partial charge in [-0.2, -0.15) is 0 Å². The van der Waals surface area contributed by atoms with Crippen LogP contribution in [0.5, 0.6) is 0 Å². The highest BCUT2D eigenvalue weighted by Crippen LogP contribution is 2.13. The van der Waals surface area contributed by atoms with Crippen molar-refractivity contribution in [1.29, 1.82) is 0 Å². The Hall–Kier alpha value is -1.56. The van der Waals surface area contributed by atoms with Crippen LogP contribution in [0.2, 0.25) is 0 Å². The second-order valence-electron chi connectivity index (χ2n) is 4.74. The van der Waals surface area contributed by atoms with E-state index < -0.39 is 12.0 Å². The lowest BCUT2D eigenvalue weighted by Crippen LogP contribution is -2.50. The van der Waals surface area contributed by atoms with Crippen molar-refractivity contribution in [3.63, 3.8) is 0 Å². The lowest BCUT2D eigenvalue weighted by atomic mass is 9.99. The number of nitrogens with zero attached hydrogens (tertiary/aromatic N) is 1. The summed E-state index contributed by atoms with van der Waals surface area (Å²) in [4.78, 5) is 26.1. The number of carboxylic acids is 1. The summed E-state index contributed by atoms with van der Waals surface area (Å²) in [7, 11) is 0. The molecule has 0 fully saturated rings. The molecule has 0 radical (unpaired) electrons. The molecule has 20 heavy (non-hydrogen) atoms. The monoisotopic (exact) mass is 298 g/mol. The summed E-state index contributed by atoms with van der Waals surface area (Å²) in [6.45, 7) is 6.67. The molecule has 0 aliphatic carbocycles. The van der Waals surface area contributed by atoms with Crippen molar-refractivity contribution in [3.8, 4) is 0 Å². The molecule has 1 aromatic rings. The first kappa shape index (κ1) is 16.5. The van der Waals surface area contributed by atoms with Crippen LogP contribution >= 0.6 is 11.3 Å². The minimum atomic E-state index is -0.986. The highest BCUT2D eigenvalue weighted by Gasteiger charge is 2.27. The van der Waals surface area contributed by atoms with Crippen LogP contribution in [-0.2, 0) is 11.3 Å². The molecule has 0 aromatic carbocycles. The molecule has 0 bridgehead atoms. The smallest absolute Gasteiger partial charge is 0.326 e. The molecule has 0 aliphatic heterocycles. The van der Waals surface area contributed by atoms with Gasteiger partial charge in [-0.25, -0.2) is 9.59 Å². The largest absolute Gasteiger partial charge is 0.480 e. The number of aliphatic carboxylic acids is 1. The highest BCUT2D eigenvalue weighted by molar-refractivity contribution is 7.09. The van der Waals surface area contributed by atoms with Crippen molar-refractivity contribution in [3.05, 3.63) is 22.4 Å².